The molecule has 1 aromatic rings. The molecule has 1 N–H and O–H groups in total. The van der Waals surface area contributed by atoms with Crippen LogP contribution in [-0.4, -0.2) is 43.8 Å². The zero-order valence-electron chi connectivity index (χ0n) is 13.3. The van der Waals surface area contributed by atoms with E-state index in [1.807, 2.05) is 0 Å². The van der Waals surface area contributed by atoms with Crippen molar-refractivity contribution in [3.63, 3.8) is 0 Å². The second-order valence-electron chi connectivity index (χ2n) is 6.29. The number of benzene rings is 1. The number of rotatable bonds is 4. The van der Waals surface area contributed by atoms with Crippen molar-refractivity contribution in [1.29, 1.82) is 0 Å². The Balaban J connectivity index is 1.76. The summed E-state index contributed by atoms with van der Waals surface area (Å²) in [5.41, 5.74) is 3.02. The normalized spacial score (nSPS) is 30.1. The average molecular weight is 288 g/mol. The fourth-order valence-electron chi connectivity index (χ4n) is 4.12. The van der Waals surface area contributed by atoms with Crippen LogP contribution in [0, 0.1) is 0 Å². The Labute approximate surface area is 128 Å². The van der Waals surface area contributed by atoms with Crippen LogP contribution < -0.4 is 5.32 Å². The molecule has 1 heterocycles. The summed E-state index contributed by atoms with van der Waals surface area (Å²) in [5.74, 6) is 0. The molecule has 0 amide bonds. The van der Waals surface area contributed by atoms with Gasteiger partial charge in [0, 0.05) is 25.2 Å². The first-order chi connectivity index (χ1) is 10.3. The molecule has 3 atom stereocenters. The van der Waals surface area contributed by atoms with Gasteiger partial charge in [-0.2, -0.15) is 0 Å². The Hall–Kier alpha value is -0.900. The number of likely N-dealkylation sites (tertiary alicyclic amines) is 1. The summed E-state index contributed by atoms with van der Waals surface area (Å²) < 4.78 is 5.88. The van der Waals surface area contributed by atoms with Crippen molar-refractivity contribution in [2.45, 2.75) is 50.8 Å². The van der Waals surface area contributed by atoms with Crippen LogP contribution in [0.4, 0.5) is 0 Å². The molecule has 3 heteroatoms. The lowest BCUT2D eigenvalue weighted by atomic mass is 9.82. The third-order valence-electron chi connectivity index (χ3n) is 5.08. The van der Waals surface area contributed by atoms with Crippen molar-refractivity contribution < 1.29 is 4.74 Å². The first kappa shape index (κ1) is 15.0. The van der Waals surface area contributed by atoms with E-state index in [0.717, 1.165) is 13.2 Å². The van der Waals surface area contributed by atoms with Crippen molar-refractivity contribution in [3.8, 4) is 0 Å². The van der Waals surface area contributed by atoms with Gasteiger partial charge in [0.05, 0.1) is 6.10 Å². The molecule has 0 spiro atoms. The van der Waals surface area contributed by atoms with Crippen molar-refractivity contribution in [1.82, 2.24) is 10.2 Å². The predicted octanol–water partition coefficient (Wildman–Crippen LogP) is 2.76. The maximum Gasteiger partial charge on any atom is 0.0702 e. The molecule has 0 aromatic heterocycles. The summed E-state index contributed by atoms with van der Waals surface area (Å²) in [6, 6.07) is 9.98. The first-order valence-electron chi connectivity index (χ1n) is 8.44. The molecule has 3 rings (SSSR count). The third kappa shape index (κ3) is 3.15. The molecule has 3 unspecified atom stereocenters. The average Bonchev–Trinajstić information content (AvgIpc) is 2.54. The minimum atomic E-state index is 0.429. The summed E-state index contributed by atoms with van der Waals surface area (Å²) in [4.78, 5) is 2.67. The topological polar surface area (TPSA) is 24.5 Å². The SMILES string of the molecule is CCOC1CCCN(C2CCc3ccccc3C2NC)C1. The van der Waals surface area contributed by atoms with Gasteiger partial charge in [-0.1, -0.05) is 24.3 Å². The quantitative estimate of drug-likeness (QED) is 0.922. The summed E-state index contributed by atoms with van der Waals surface area (Å²) in [7, 11) is 2.10. The van der Waals surface area contributed by atoms with Crippen molar-refractivity contribution in [2.24, 2.45) is 0 Å². The van der Waals surface area contributed by atoms with Gasteiger partial charge in [0.25, 0.3) is 0 Å². The highest BCUT2D eigenvalue weighted by Crippen LogP contribution is 2.34. The second kappa shape index (κ2) is 6.91. The highest BCUT2D eigenvalue weighted by atomic mass is 16.5. The molecule has 21 heavy (non-hydrogen) atoms. The van der Waals surface area contributed by atoms with Gasteiger partial charge in [-0.25, -0.2) is 0 Å². The lowest BCUT2D eigenvalue weighted by Gasteiger charge is -2.44. The zero-order chi connectivity index (χ0) is 14.7. The Morgan fingerprint density at radius 3 is 2.95 bits per heavy atom. The maximum atomic E-state index is 5.88. The van der Waals surface area contributed by atoms with E-state index in [4.69, 9.17) is 4.74 Å². The van der Waals surface area contributed by atoms with E-state index in [1.165, 1.54) is 43.4 Å². The second-order valence-corrected chi connectivity index (χ2v) is 6.29. The monoisotopic (exact) mass is 288 g/mol. The maximum absolute atomic E-state index is 5.88. The van der Waals surface area contributed by atoms with Gasteiger partial charge in [0.15, 0.2) is 0 Å². The number of aryl methyl sites for hydroxylation is 1. The molecule has 1 aliphatic heterocycles. The molecule has 2 aliphatic rings. The van der Waals surface area contributed by atoms with Crippen molar-refractivity contribution >= 4 is 0 Å². The highest BCUT2D eigenvalue weighted by molar-refractivity contribution is 5.34. The number of likely N-dealkylation sites (N-methyl/N-ethyl adjacent to an activating group) is 1. The number of ether oxygens (including phenoxy) is 1. The smallest absolute Gasteiger partial charge is 0.0702 e. The summed E-state index contributed by atoms with van der Waals surface area (Å²) >= 11 is 0. The van der Waals surface area contributed by atoms with Gasteiger partial charge in [-0.05, 0) is 57.3 Å². The summed E-state index contributed by atoms with van der Waals surface area (Å²) in [6.07, 6.45) is 5.37. The number of hydrogen-bond acceptors (Lipinski definition) is 3. The van der Waals surface area contributed by atoms with Crippen LogP contribution in [-0.2, 0) is 11.2 Å². The molecule has 0 bridgehead atoms. The Bertz CT molecular complexity index is 460. The van der Waals surface area contributed by atoms with E-state index >= 15 is 0 Å². The minimum Gasteiger partial charge on any atom is -0.377 e. The number of piperidine rings is 1. The summed E-state index contributed by atoms with van der Waals surface area (Å²) in [6.45, 7) is 5.25. The van der Waals surface area contributed by atoms with E-state index in [0.29, 0.717) is 18.2 Å². The largest absolute Gasteiger partial charge is 0.377 e. The first-order valence-corrected chi connectivity index (χ1v) is 8.44. The molecule has 0 radical (unpaired) electrons. The minimum absolute atomic E-state index is 0.429. The third-order valence-corrected chi connectivity index (χ3v) is 5.08. The number of fused-ring (bicyclic) bond motifs is 1. The van der Waals surface area contributed by atoms with E-state index in [2.05, 4.69) is 48.5 Å². The van der Waals surface area contributed by atoms with Crippen LogP contribution in [0.15, 0.2) is 24.3 Å². The van der Waals surface area contributed by atoms with Crippen molar-refractivity contribution in [2.75, 3.05) is 26.7 Å². The molecule has 1 fully saturated rings. The van der Waals surface area contributed by atoms with Gasteiger partial charge in [0.1, 0.15) is 0 Å². The van der Waals surface area contributed by atoms with Gasteiger partial charge < -0.3 is 10.1 Å². The standard InChI is InChI=1S/C18H28N2O/c1-3-21-15-8-6-12-20(13-15)17-11-10-14-7-4-5-9-16(14)18(17)19-2/h4-5,7,9,15,17-19H,3,6,8,10-13H2,1-2H3. The lowest BCUT2D eigenvalue weighted by Crippen LogP contribution is -2.51. The Kier molecular flexibility index (Phi) is 4.94. The van der Waals surface area contributed by atoms with Gasteiger partial charge in [-0.3, -0.25) is 4.90 Å². The van der Waals surface area contributed by atoms with Crippen LogP contribution >= 0.6 is 0 Å². The Morgan fingerprint density at radius 2 is 2.14 bits per heavy atom. The predicted molar refractivity (Wildman–Crippen MR) is 86.6 cm³/mol. The van der Waals surface area contributed by atoms with Crippen LogP contribution in [0.25, 0.3) is 0 Å². The van der Waals surface area contributed by atoms with E-state index in [-0.39, 0.29) is 0 Å². The number of nitrogens with one attached hydrogen (secondary N) is 1. The molecule has 1 saturated heterocycles. The fourth-order valence-corrected chi connectivity index (χ4v) is 4.12. The molecule has 1 aliphatic carbocycles. The van der Waals surface area contributed by atoms with Crippen LogP contribution in [0.5, 0.6) is 0 Å². The van der Waals surface area contributed by atoms with Gasteiger partial charge in [0.2, 0.25) is 0 Å². The molecule has 1 aromatic carbocycles. The summed E-state index contributed by atoms with van der Waals surface area (Å²) in [5, 5.41) is 3.57. The molecular weight excluding hydrogens is 260 g/mol. The van der Waals surface area contributed by atoms with E-state index < -0.39 is 0 Å². The molecule has 0 saturated carbocycles. The zero-order valence-corrected chi connectivity index (χ0v) is 13.3. The number of hydrogen-bond donors (Lipinski definition) is 1. The van der Waals surface area contributed by atoms with E-state index in [1.54, 1.807) is 0 Å². The van der Waals surface area contributed by atoms with Gasteiger partial charge in [-0.15, -0.1) is 0 Å². The highest BCUT2D eigenvalue weighted by Gasteiger charge is 2.34. The van der Waals surface area contributed by atoms with Crippen molar-refractivity contribution in [3.05, 3.63) is 35.4 Å². The Morgan fingerprint density at radius 1 is 1.29 bits per heavy atom. The van der Waals surface area contributed by atoms with Gasteiger partial charge >= 0.3 is 0 Å². The molecular formula is C18H28N2O. The number of nitrogens with zero attached hydrogens (tertiary/aromatic N) is 1. The van der Waals surface area contributed by atoms with Crippen LogP contribution in [0.2, 0.25) is 0 Å². The molecule has 116 valence electrons. The molecule has 3 nitrogen and oxygen atoms in total. The van der Waals surface area contributed by atoms with Crippen LogP contribution in [0.1, 0.15) is 43.4 Å². The van der Waals surface area contributed by atoms with Crippen LogP contribution in [0.3, 0.4) is 0 Å². The van der Waals surface area contributed by atoms with E-state index in [9.17, 15) is 0 Å². The lowest BCUT2D eigenvalue weighted by molar-refractivity contribution is -0.0151. The fraction of sp³-hybridized carbons (Fsp3) is 0.667.